The molecule has 1 atom stereocenters. The molecule has 2 aliphatic heterocycles. The molecule has 2 heterocycles. The highest BCUT2D eigenvalue weighted by molar-refractivity contribution is 8.00. The largest absolute Gasteiger partial charge is 0.356 e. The number of rotatable bonds is 3. The molecule has 2 saturated heterocycles. The van der Waals surface area contributed by atoms with Crippen molar-refractivity contribution in [3.05, 3.63) is 0 Å². The molecule has 0 aromatic rings. The van der Waals surface area contributed by atoms with E-state index in [1.807, 2.05) is 7.05 Å². The number of likely N-dealkylation sites (tertiary alicyclic amines) is 1. The monoisotopic (exact) mass is 310 g/mol. The van der Waals surface area contributed by atoms with Crippen molar-refractivity contribution in [3.8, 4) is 0 Å². The first-order chi connectivity index (χ1) is 10.1. The first-order valence-corrected chi connectivity index (χ1v) is 9.39. The molecule has 120 valence electrons. The van der Waals surface area contributed by atoms with Gasteiger partial charge in [-0.1, -0.05) is 0 Å². The van der Waals surface area contributed by atoms with E-state index in [0.29, 0.717) is 4.75 Å². The minimum absolute atomic E-state index is 0.339. The van der Waals surface area contributed by atoms with Crippen LogP contribution < -0.4 is 5.32 Å². The molecule has 4 nitrogen and oxygen atoms in total. The molecule has 1 saturated carbocycles. The second kappa shape index (κ2) is 6.37. The molecule has 21 heavy (non-hydrogen) atoms. The Morgan fingerprint density at radius 1 is 1.29 bits per heavy atom. The van der Waals surface area contributed by atoms with E-state index in [-0.39, 0.29) is 0 Å². The van der Waals surface area contributed by atoms with Crippen molar-refractivity contribution in [1.29, 1.82) is 0 Å². The lowest BCUT2D eigenvalue weighted by molar-refractivity contribution is 0.312. The lowest BCUT2D eigenvalue weighted by Gasteiger charge is -2.39. The van der Waals surface area contributed by atoms with E-state index in [9.17, 15) is 0 Å². The van der Waals surface area contributed by atoms with Gasteiger partial charge in [-0.25, -0.2) is 0 Å². The third-order valence-electron chi connectivity index (χ3n) is 4.87. The van der Waals surface area contributed by atoms with Gasteiger partial charge in [0.2, 0.25) is 0 Å². The predicted octanol–water partition coefficient (Wildman–Crippen LogP) is 1.87. The van der Waals surface area contributed by atoms with Crippen LogP contribution in [-0.4, -0.2) is 72.1 Å². The second-order valence-electron chi connectivity index (χ2n) is 7.34. The smallest absolute Gasteiger partial charge is 0.193 e. The fraction of sp³-hybridized carbons (Fsp3) is 0.938. The van der Waals surface area contributed by atoms with Gasteiger partial charge in [0.05, 0.1) is 0 Å². The van der Waals surface area contributed by atoms with Gasteiger partial charge < -0.3 is 15.1 Å². The van der Waals surface area contributed by atoms with E-state index in [0.717, 1.165) is 37.6 Å². The van der Waals surface area contributed by atoms with Gasteiger partial charge in [0.15, 0.2) is 5.96 Å². The number of hydrogen-bond acceptors (Lipinski definition) is 3. The van der Waals surface area contributed by atoms with Crippen molar-refractivity contribution in [2.24, 2.45) is 10.9 Å². The molecule has 0 aromatic carbocycles. The molecule has 3 rings (SSSR count). The fourth-order valence-corrected chi connectivity index (χ4v) is 4.68. The highest BCUT2D eigenvalue weighted by Crippen LogP contribution is 2.32. The van der Waals surface area contributed by atoms with Crippen LogP contribution in [0.5, 0.6) is 0 Å². The Morgan fingerprint density at radius 2 is 2.10 bits per heavy atom. The molecule has 3 fully saturated rings. The maximum atomic E-state index is 4.51. The van der Waals surface area contributed by atoms with Crippen LogP contribution in [-0.2, 0) is 0 Å². The van der Waals surface area contributed by atoms with Crippen molar-refractivity contribution in [2.75, 3.05) is 45.5 Å². The summed E-state index contributed by atoms with van der Waals surface area (Å²) in [5.41, 5.74) is 0. The number of guanidine groups is 1. The number of nitrogens with one attached hydrogen (secondary N) is 1. The van der Waals surface area contributed by atoms with Gasteiger partial charge >= 0.3 is 0 Å². The quantitative estimate of drug-likeness (QED) is 0.637. The predicted molar refractivity (Wildman–Crippen MR) is 92.2 cm³/mol. The molecule has 1 N–H and O–H groups in total. The van der Waals surface area contributed by atoms with Crippen molar-refractivity contribution in [2.45, 2.75) is 43.9 Å². The van der Waals surface area contributed by atoms with Gasteiger partial charge in [-0.15, -0.1) is 0 Å². The van der Waals surface area contributed by atoms with E-state index in [1.54, 1.807) is 0 Å². The van der Waals surface area contributed by atoms with Crippen LogP contribution in [0.1, 0.15) is 33.1 Å². The first-order valence-electron chi connectivity index (χ1n) is 8.41. The Balaban J connectivity index is 1.46. The van der Waals surface area contributed by atoms with Crippen molar-refractivity contribution in [1.82, 2.24) is 15.1 Å². The van der Waals surface area contributed by atoms with E-state index in [4.69, 9.17) is 0 Å². The van der Waals surface area contributed by atoms with Crippen LogP contribution >= 0.6 is 11.8 Å². The molecule has 1 aliphatic carbocycles. The lowest BCUT2D eigenvalue weighted by atomic mass is 10.1. The van der Waals surface area contributed by atoms with Gasteiger partial charge in [-0.3, -0.25) is 4.99 Å². The van der Waals surface area contributed by atoms with E-state index >= 15 is 0 Å². The molecule has 5 heteroatoms. The second-order valence-corrected chi connectivity index (χ2v) is 9.14. The number of aliphatic imine (C=N–C) groups is 1. The lowest BCUT2D eigenvalue weighted by Crippen LogP contribution is -2.51. The molecular weight excluding hydrogens is 280 g/mol. The van der Waals surface area contributed by atoms with E-state index in [1.165, 1.54) is 38.1 Å². The Hall–Kier alpha value is -0.420. The normalized spacial score (nSPS) is 30.7. The third kappa shape index (κ3) is 4.07. The summed E-state index contributed by atoms with van der Waals surface area (Å²) in [6.07, 6.45) is 4.21. The number of nitrogens with zero attached hydrogens (tertiary/aromatic N) is 3. The van der Waals surface area contributed by atoms with E-state index < -0.39 is 0 Å². The van der Waals surface area contributed by atoms with Gasteiger partial charge in [-0.05, 0) is 45.6 Å². The average molecular weight is 311 g/mol. The molecule has 0 spiro atoms. The van der Waals surface area contributed by atoms with Gasteiger partial charge in [0.25, 0.3) is 0 Å². The molecule has 1 unspecified atom stereocenters. The van der Waals surface area contributed by atoms with Crippen LogP contribution in [0, 0.1) is 5.92 Å². The Morgan fingerprint density at radius 3 is 2.76 bits per heavy atom. The molecule has 0 bridgehead atoms. The third-order valence-corrected chi connectivity index (χ3v) is 6.16. The highest BCUT2D eigenvalue weighted by Gasteiger charge is 2.34. The number of thioether (sulfide) groups is 1. The van der Waals surface area contributed by atoms with Gasteiger partial charge in [0.1, 0.15) is 0 Å². The van der Waals surface area contributed by atoms with Crippen molar-refractivity contribution in [3.63, 3.8) is 0 Å². The summed E-state index contributed by atoms with van der Waals surface area (Å²) in [4.78, 5) is 9.64. The average Bonchev–Trinajstić information content (AvgIpc) is 3.18. The maximum Gasteiger partial charge on any atom is 0.193 e. The number of hydrogen-bond donors (Lipinski definition) is 1. The molecule has 3 aliphatic rings. The first kappa shape index (κ1) is 15.5. The molecular formula is C16H30N4S. The summed E-state index contributed by atoms with van der Waals surface area (Å²) in [5, 5.41) is 3.64. The Kier molecular flexibility index (Phi) is 4.69. The zero-order valence-corrected chi connectivity index (χ0v) is 14.6. The minimum Gasteiger partial charge on any atom is -0.356 e. The van der Waals surface area contributed by atoms with Crippen molar-refractivity contribution < 1.29 is 0 Å². The summed E-state index contributed by atoms with van der Waals surface area (Å²) in [6, 6.07) is 0.925. The standard InChI is InChI=1S/C16H30N4S/c1-16(2)12-20(8-9-21-16)15(17-3)18-10-13-6-7-19(11-13)14-4-5-14/h13-14H,4-12H2,1-3H3,(H,17,18). The van der Waals surface area contributed by atoms with Gasteiger partial charge in [0, 0.05) is 49.8 Å². The van der Waals surface area contributed by atoms with E-state index in [2.05, 4.69) is 45.7 Å². The molecule has 0 aromatic heterocycles. The van der Waals surface area contributed by atoms with Crippen LogP contribution in [0.3, 0.4) is 0 Å². The van der Waals surface area contributed by atoms with Crippen LogP contribution in [0.2, 0.25) is 0 Å². The van der Waals surface area contributed by atoms with Gasteiger partial charge in [-0.2, -0.15) is 11.8 Å². The molecule has 0 amide bonds. The zero-order chi connectivity index (χ0) is 14.9. The van der Waals surface area contributed by atoms with Crippen LogP contribution in [0.4, 0.5) is 0 Å². The van der Waals surface area contributed by atoms with Crippen molar-refractivity contribution >= 4 is 17.7 Å². The summed E-state index contributed by atoms with van der Waals surface area (Å²) in [6.45, 7) is 10.6. The topological polar surface area (TPSA) is 30.9 Å². The fourth-order valence-electron chi connectivity index (χ4n) is 3.57. The minimum atomic E-state index is 0.339. The summed E-state index contributed by atoms with van der Waals surface area (Å²) < 4.78 is 0.339. The highest BCUT2D eigenvalue weighted by atomic mass is 32.2. The summed E-state index contributed by atoms with van der Waals surface area (Å²) in [7, 11) is 1.92. The summed E-state index contributed by atoms with van der Waals surface area (Å²) in [5.74, 6) is 3.11. The van der Waals surface area contributed by atoms with Crippen LogP contribution in [0.25, 0.3) is 0 Å². The Bertz CT molecular complexity index is 392. The SMILES string of the molecule is CN=C(NCC1CCN(C2CC2)C1)N1CCSC(C)(C)C1. The zero-order valence-electron chi connectivity index (χ0n) is 13.8. The maximum absolute atomic E-state index is 4.51. The summed E-state index contributed by atoms with van der Waals surface area (Å²) >= 11 is 2.07. The Labute approximate surface area is 133 Å². The van der Waals surface area contributed by atoms with Crippen LogP contribution in [0.15, 0.2) is 4.99 Å². The molecule has 0 radical (unpaired) electrons.